The summed E-state index contributed by atoms with van der Waals surface area (Å²) in [5, 5.41) is 0. The van der Waals surface area contributed by atoms with Gasteiger partial charge in [-0.05, 0) is 30.3 Å². The third-order valence-electron chi connectivity index (χ3n) is 4.82. The van der Waals surface area contributed by atoms with Crippen LogP contribution in [-0.4, -0.2) is 22.7 Å². The molecule has 132 valence electrons. The molecule has 6 nitrogen and oxygen atoms in total. The Labute approximate surface area is 154 Å². The van der Waals surface area contributed by atoms with Crippen LogP contribution in [0.25, 0.3) is 0 Å². The van der Waals surface area contributed by atoms with Crippen molar-refractivity contribution >= 4 is 17.8 Å². The summed E-state index contributed by atoms with van der Waals surface area (Å²) in [6.07, 6.45) is -0.621. The fraction of sp³-hybridized carbons (Fsp3) is 0.0952. The monoisotopic (exact) mass is 359 g/mol. The Morgan fingerprint density at radius 1 is 0.778 bits per heavy atom. The summed E-state index contributed by atoms with van der Waals surface area (Å²) in [6.45, 7) is 0.0225. The summed E-state index contributed by atoms with van der Waals surface area (Å²) in [5.74, 6) is -0.175. The highest BCUT2D eigenvalue weighted by molar-refractivity contribution is 6.21. The van der Waals surface area contributed by atoms with E-state index in [-0.39, 0.29) is 18.4 Å². The van der Waals surface area contributed by atoms with Gasteiger partial charge in [-0.25, -0.2) is 4.79 Å². The van der Waals surface area contributed by atoms with Crippen LogP contribution < -0.4 is 0 Å². The number of cyclic esters (lactones) is 1. The van der Waals surface area contributed by atoms with Crippen molar-refractivity contribution in [3.63, 3.8) is 0 Å². The molecular formula is C21H13NO5. The lowest BCUT2D eigenvalue weighted by Crippen LogP contribution is -2.28. The molecule has 1 aromatic heterocycles. The van der Waals surface area contributed by atoms with E-state index in [0.717, 1.165) is 10.5 Å². The Morgan fingerprint density at radius 2 is 1.41 bits per heavy atom. The van der Waals surface area contributed by atoms with Crippen molar-refractivity contribution in [3.8, 4) is 0 Å². The van der Waals surface area contributed by atoms with Gasteiger partial charge in [-0.15, -0.1) is 0 Å². The Kier molecular flexibility index (Phi) is 3.27. The summed E-state index contributed by atoms with van der Waals surface area (Å²) in [5.41, 5.74) is 2.05. The topological polar surface area (TPSA) is 76.8 Å². The molecule has 5 rings (SSSR count). The summed E-state index contributed by atoms with van der Waals surface area (Å²) in [4.78, 5) is 38.1. The Balaban J connectivity index is 1.41. The molecular weight excluding hydrogens is 346 g/mol. The average molecular weight is 359 g/mol. The maximum Gasteiger partial charge on any atom is 0.339 e. The summed E-state index contributed by atoms with van der Waals surface area (Å²) >= 11 is 0. The van der Waals surface area contributed by atoms with Crippen LogP contribution in [-0.2, 0) is 11.3 Å². The standard InChI is InChI=1S/C21H13NO5/c23-19-14-6-2-3-7-15(14)20(24)22(19)11-12-9-10-17(26-12)18-13-5-1-4-8-16(13)21(25)27-18/h1-10,18H,11H2. The van der Waals surface area contributed by atoms with E-state index < -0.39 is 12.1 Å². The quantitative estimate of drug-likeness (QED) is 0.529. The molecule has 2 aromatic carbocycles. The molecule has 3 aromatic rings. The van der Waals surface area contributed by atoms with Gasteiger partial charge in [0.2, 0.25) is 0 Å². The largest absolute Gasteiger partial charge is 0.460 e. The van der Waals surface area contributed by atoms with Crippen LogP contribution in [0.15, 0.2) is 65.1 Å². The molecule has 0 radical (unpaired) electrons. The van der Waals surface area contributed by atoms with Gasteiger partial charge in [-0.1, -0.05) is 30.3 Å². The second-order valence-electron chi connectivity index (χ2n) is 6.42. The molecule has 0 saturated carbocycles. The molecule has 0 saturated heterocycles. The van der Waals surface area contributed by atoms with Crippen LogP contribution in [0, 0.1) is 0 Å². The van der Waals surface area contributed by atoms with Gasteiger partial charge in [0.25, 0.3) is 11.8 Å². The van der Waals surface area contributed by atoms with Crippen LogP contribution in [0.5, 0.6) is 0 Å². The lowest BCUT2D eigenvalue weighted by atomic mass is 10.0. The third-order valence-corrected chi connectivity index (χ3v) is 4.82. The smallest absolute Gasteiger partial charge is 0.339 e. The molecule has 2 aliphatic rings. The minimum absolute atomic E-state index is 0.0225. The van der Waals surface area contributed by atoms with E-state index in [4.69, 9.17) is 9.15 Å². The van der Waals surface area contributed by atoms with Crippen molar-refractivity contribution in [3.05, 3.63) is 94.4 Å². The zero-order chi connectivity index (χ0) is 18.5. The van der Waals surface area contributed by atoms with Crippen LogP contribution >= 0.6 is 0 Å². The van der Waals surface area contributed by atoms with Gasteiger partial charge in [0, 0.05) is 5.56 Å². The molecule has 0 aliphatic carbocycles. The number of imide groups is 1. The van der Waals surface area contributed by atoms with Crippen molar-refractivity contribution in [2.45, 2.75) is 12.6 Å². The maximum atomic E-state index is 12.5. The van der Waals surface area contributed by atoms with E-state index in [2.05, 4.69) is 0 Å². The first kappa shape index (κ1) is 15.6. The predicted molar refractivity (Wildman–Crippen MR) is 93.1 cm³/mol. The maximum absolute atomic E-state index is 12.5. The number of nitrogens with zero attached hydrogens (tertiary/aromatic N) is 1. The van der Waals surface area contributed by atoms with Crippen LogP contribution in [0.3, 0.4) is 0 Å². The normalized spacial score (nSPS) is 17.9. The Bertz CT molecular complexity index is 1080. The van der Waals surface area contributed by atoms with Gasteiger partial charge in [0.15, 0.2) is 6.10 Å². The molecule has 3 heterocycles. The number of amides is 2. The molecule has 0 N–H and O–H groups in total. The Hall–Kier alpha value is -3.67. The molecule has 0 spiro atoms. The van der Waals surface area contributed by atoms with Crippen molar-refractivity contribution in [1.29, 1.82) is 0 Å². The Morgan fingerprint density at radius 3 is 2.11 bits per heavy atom. The van der Waals surface area contributed by atoms with Crippen molar-refractivity contribution in [1.82, 2.24) is 4.90 Å². The number of carbonyl (C=O) groups is 3. The summed E-state index contributed by atoms with van der Waals surface area (Å²) in [7, 11) is 0. The van der Waals surface area contributed by atoms with Crippen LogP contribution in [0.4, 0.5) is 0 Å². The number of hydrogen-bond acceptors (Lipinski definition) is 5. The van der Waals surface area contributed by atoms with E-state index in [1.54, 1.807) is 48.5 Å². The van der Waals surface area contributed by atoms with E-state index in [9.17, 15) is 14.4 Å². The van der Waals surface area contributed by atoms with Gasteiger partial charge >= 0.3 is 5.97 Å². The number of fused-ring (bicyclic) bond motifs is 2. The molecule has 0 bridgehead atoms. The van der Waals surface area contributed by atoms with Gasteiger partial charge in [-0.2, -0.15) is 0 Å². The van der Waals surface area contributed by atoms with Crippen molar-refractivity contribution < 1.29 is 23.5 Å². The van der Waals surface area contributed by atoms with Gasteiger partial charge in [0.05, 0.1) is 23.2 Å². The minimum Gasteiger partial charge on any atom is -0.460 e. The first-order chi connectivity index (χ1) is 13.1. The molecule has 2 aliphatic heterocycles. The lowest BCUT2D eigenvalue weighted by molar-refractivity contribution is 0.0418. The van der Waals surface area contributed by atoms with Gasteiger partial charge in [-0.3, -0.25) is 14.5 Å². The van der Waals surface area contributed by atoms with E-state index >= 15 is 0 Å². The van der Waals surface area contributed by atoms with Gasteiger partial charge in [0.1, 0.15) is 11.5 Å². The van der Waals surface area contributed by atoms with E-state index in [0.29, 0.717) is 28.2 Å². The molecule has 6 heteroatoms. The fourth-order valence-electron chi connectivity index (χ4n) is 3.52. The first-order valence-corrected chi connectivity index (χ1v) is 8.47. The summed E-state index contributed by atoms with van der Waals surface area (Å²) in [6, 6.07) is 17.2. The molecule has 2 amide bonds. The molecule has 0 fully saturated rings. The fourth-order valence-corrected chi connectivity index (χ4v) is 3.52. The zero-order valence-corrected chi connectivity index (χ0v) is 14.0. The third kappa shape index (κ3) is 2.30. The van der Waals surface area contributed by atoms with Crippen LogP contribution in [0.2, 0.25) is 0 Å². The SMILES string of the molecule is O=C1OC(c2ccc(CN3C(=O)c4ccccc4C3=O)o2)c2ccccc21. The highest BCUT2D eigenvalue weighted by Crippen LogP contribution is 2.36. The second kappa shape index (κ2) is 5.67. The predicted octanol–water partition coefficient (Wildman–Crippen LogP) is 3.34. The number of carbonyl (C=O) groups excluding carboxylic acids is 3. The van der Waals surface area contributed by atoms with Crippen molar-refractivity contribution in [2.75, 3.05) is 0 Å². The minimum atomic E-state index is -0.621. The zero-order valence-electron chi connectivity index (χ0n) is 14.0. The average Bonchev–Trinajstić information content (AvgIpc) is 3.35. The highest BCUT2D eigenvalue weighted by Gasteiger charge is 2.37. The lowest BCUT2D eigenvalue weighted by Gasteiger charge is -2.12. The molecule has 27 heavy (non-hydrogen) atoms. The molecule has 1 atom stereocenters. The van der Waals surface area contributed by atoms with Gasteiger partial charge < -0.3 is 9.15 Å². The van der Waals surface area contributed by atoms with Crippen molar-refractivity contribution in [2.24, 2.45) is 0 Å². The van der Waals surface area contributed by atoms with E-state index in [1.165, 1.54) is 0 Å². The molecule has 1 unspecified atom stereocenters. The first-order valence-electron chi connectivity index (χ1n) is 8.47. The number of furan rings is 1. The number of ether oxygens (including phenoxy) is 1. The second-order valence-corrected chi connectivity index (χ2v) is 6.42. The van der Waals surface area contributed by atoms with Crippen LogP contribution in [0.1, 0.15) is 54.3 Å². The number of benzene rings is 2. The number of esters is 1. The summed E-state index contributed by atoms with van der Waals surface area (Å²) < 4.78 is 11.2. The number of rotatable bonds is 3. The highest BCUT2D eigenvalue weighted by atomic mass is 16.6. The van der Waals surface area contributed by atoms with E-state index in [1.807, 2.05) is 12.1 Å². The number of hydrogen-bond donors (Lipinski definition) is 0.